The zero-order valence-electron chi connectivity index (χ0n) is 13.5. The van der Waals surface area contributed by atoms with E-state index in [0.717, 1.165) is 13.1 Å². The number of nitrogens with zero attached hydrogens (tertiary/aromatic N) is 1. The van der Waals surface area contributed by atoms with Crippen molar-refractivity contribution in [3.05, 3.63) is 35.4 Å². The highest BCUT2D eigenvalue weighted by atomic mass is 16.1. The normalized spacial score (nSPS) is 19.3. The van der Waals surface area contributed by atoms with Gasteiger partial charge in [-0.3, -0.25) is 9.69 Å². The number of rotatable bonds is 6. The predicted molar refractivity (Wildman–Crippen MR) is 85.6 cm³/mol. The van der Waals surface area contributed by atoms with Crippen LogP contribution in [0.4, 0.5) is 0 Å². The Hall–Kier alpha value is -1.39. The number of amides is 1. The number of hydrogen-bond acceptors (Lipinski definition) is 3. The van der Waals surface area contributed by atoms with Crippen molar-refractivity contribution < 1.29 is 4.79 Å². The first-order valence-electron chi connectivity index (χ1n) is 7.70. The number of carbonyl (C=O) groups excluding carboxylic acids is 1. The van der Waals surface area contributed by atoms with E-state index < -0.39 is 5.54 Å². The molecule has 4 heteroatoms. The Bertz CT molecular complexity index is 490. The van der Waals surface area contributed by atoms with Crippen molar-refractivity contribution in [3.63, 3.8) is 0 Å². The van der Waals surface area contributed by atoms with E-state index in [-0.39, 0.29) is 11.9 Å². The van der Waals surface area contributed by atoms with Crippen LogP contribution in [0.15, 0.2) is 24.3 Å². The van der Waals surface area contributed by atoms with Gasteiger partial charge in [0.25, 0.3) is 0 Å². The van der Waals surface area contributed by atoms with Crippen LogP contribution in [-0.4, -0.2) is 28.4 Å². The molecular formula is C17H27N3O. The molecule has 1 aromatic carbocycles. The minimum atomic E-state index is -0.664. The van der Waals surface area contributed by atoms with Gasteiger partial charge in [-0.15, -0.1) is 0 Å². The van der Waals surface area contributed by atoms with Crippen molar-refractivity contribution in [2.75, 3.05) is 0 Å². The summed E-state index contributed by atoms with van der Waals surface area (Å²) < 4.78 is 0. The van der Waals surface area contributed by atoms with E-state index in [2.05, 4.69) is 41.4 Å². The lowest BCUT2D eigenvalue weighted by Gasteiger charge is -2.35. The number of fused-ring (bicyclic) bond motifs is 1. The highest BCUT2D eigenvalue weighted by molar-refractivity contribution is 5.84. The minimum Gasteiger partial charge on any atom is -0.368 e. The van der Waals surface area contributed by atoms with Gasteiger partial charge in [-0.25, -0.2) is 0 Å². The minimum absolute atomic E-state index is 0.227. The molecule has 2 unspecified atom stereocenters. The molecule has 2 atom stereocenters. The van der Waals surface area contributed by atoms with Gasteiger partial charge in [-0.1, -0.05) is 24.3 Å². The van der Waals surface area contributed by atoms with Crippen LogP contribution in [-0.2, 0) is 17.9 Å². The third-order valence-electron chi connectivity index (χ3n) is 4.34. The molecule has 21 heavy (non-hydrogen) atoms. The summed E-state index contributed by atoms with van der Waals surface area (Å²) in [4.78, 5) is 14.3. The van der Waals surface area contributed by atoms with Crippen LogP contribution in [0, 0.1) is 0 Å². The van der Waals surface area contributed by atoms with Crippen molar-refractivity contribution in [2.24, 2.45) is 5.73 Å². The van der Waals surface area contributed by atoms with E-state index in [1.807, 2.05) is 20.8 Å². The molecule has 0 saturated heterocycles. The van der Waals surface area contributed by atoms with Crippen LogP contribution in [0.5, 0.6) is 0 Å². The SMILES string of the molecule is CC(C)NC(C)(CC(C)N1Cc2ccccc2C1)C(N)=O. The number of carbonyl (C=O) groups is 1. The second-order valence-electron chi connectivity index (χ2n) is 6.72. The van der Waals surface area contributed by atoms with E-state index >= 15 is 0 Å². The van der Waals surface area contributed by atoms with Crippen LogP contribution in [0.25, 0.3) is 0 Å². The van der Waals surface area contributed by atoms with Crippen LogP contribution in [0.1, 0.15) is 45.2 Å². The highest BCUT2D eigenvalue weighted by Gasteiger charge is 2.35. The lowest BCUT2D eigenvalue weighted by Crippen LogP contribution is -2.58. The number of nitrogens with one attached hydrogen (secondary N) is 1. The van der Waals surface area contributed by atoms with Crippen molar-refractivity contribution in [3.8, 4) is 0 Å². The Morgan fingerprint density at radius 1 is 1.29 bits per heavy atom. The molecule has 0 saturated carbocycles. The Balaban J connectivity index is 2.04. The summed E-state index contributed by atoms with van der Waals surface area (Å²) in [5.41, 5.74) is 7.75. The molecule has 0 aliphatic carbocycles. The van der Waals surface area contributed by atoms with Crippen LogP contribution in [0.2, 0.25) is 0 Å². The van der Waals surface area contributed by atoms with Crippen LogP contribution in [0.3, 0.4) is 0 Å². The van der Waals surface area contributed by atoms with Gasteiger partial charge in [0.1, 0.15) is 0 Å². The van der Waals surface area contributed by atoms with E-state index in [4.69, 9.17) is 5.73 Å². The maximum atomic E-state index is 11.9. The van der Waals surface area contributed by atoms with Gasteiger partial charge >= 0.3 is 0 Å². The van der Waals surface area contributed by atoms with E-state index in [9.17, 15) is 4.79 Å². The summed E-state index contributed by atoms with van der Waals surface area (Å²) in [6, 6.07) is 9.05. The monoisotopic (exact) mass is 289 g/mol. The van der Waals surface area contributed by atoms with E-state index in [1.54, 1.807) is 0 Å². The van der Waals surface area contributed by atoms with Crippen molar-refractivity contribution >= 4 is 5.91 Å². The molecule has 0 radical (unpaired) electrons. The van der Waals surface area contributed by atoms with Crippen LogP contribution < -0.4 is 11.1 Å². The maximum Gasteiger partial charge on any atom is 0.237 e. The zero-order valence-corrected chi connectivity index (χ0v) is 13.5. The topological polar surface area (TPSA) is 58.4 Å². The van der Waals surface area contributed by atoms with E-state index in [1.165, 1.54) is 11.1 Å². The highest BCUT2D eigenvalue weighted by Crippen LogP contribution is 2.27. The van der Waals surface area contributed by atoms with Crippen molar-refractivity contribution in [1.29, 1.82) is 0 Å². The average Bonchev–Trinajstić information content (AvgIpc) is 2.81. The van der Waals surface area contributed by atoms with Gasteiger partial charge < -0.3 is 11.1 Å². The fraction of sp³-hybridized carbons (Fsp3) is 0.588. The first-order chi connectivity index (χ1) is 9.82. The first-order valence-corrected chi connectivity index (χ1v) is 7.70. The molecule has 1 aliphatic heterocycles. The van der Waals surface area contributed by atoms with Gasteiger partial charge in [0.05, 0.1) is 5.54 Å². The Labute approximate surface area is 127 Å². The fourth-order valence-corrected chi connectivity index (χ4v) is 3.26. The largest absolute Gasteiger partial charge is 0.368 e. The third kappa shape index (κ3) is 3.63. The molecular weight excluding hydrogens is 262 g/mol. The first kappa shape index (κ1) is 16.0. The molecule has 0 spiro atoms. The zero-order chi connectivity index (χ0) is 15.6. The lowest BCUT2D eigenvalue weighted by molar-refractivity contribution is -0.125. The summed E-state index contributed by atoms with van der Waals surface area (Å²) in [5.74, 6) is -0.278. The Morgan fingerprint density at radius 2 is 1.81 bits per heavy atom. The molecule has 3 N–H and O–H groups in total. The Kier molecular flexibility index (Phi) is 4.69. The lowest BCUT2D eigenvalue weighted by atomic mass is 9.91. The number of benzene rings is 1. The van der Waals surface area contributed by atoms with Crippen LogP contribution >= 0.6 is 0 Å². The molecule has 1 aliphatic rings. The average molecular weight is 289 g/mol. The fourth-order valence-electron chi connectivity index (χ4n) is 3.26. The molecule has 116 valence electrons. The number of hydrogen-bond donors (Lipinski definition) is 2. The van der Waals surface area contributed by atoms with Gasteiger partial charge in [-0.05, 0) is 45.2 Å². The second-order valence-corrected chi connectivity index (χ2v) is 6.72. The second kappa shape index (κ2) is 6.16. The van der Waals surface area contributed by atoms with Crippen molar-refractivity contribution in [2.45, 2.75) is 64.8 Å². The molecule has 2 rings (SSSR count). The standard InChI is InChI=1S/C17H27N3O/c1-12(2)19-17(4,16(18)21)9-13(3)20-10-14-7-5-6-8-15(14)11-20/h5-8,12-13,19H,9-11H2,1-4H3,(H2,18,21). The van der Waals surface area contributed by atoms with E-state index in [0.29, 0.717) is 12.5 Å². The summed E-state index contributed by atoms with van der Waals surface area (Å²) in [6.07, 6.45) is 0.717. The molecule has 4 nitrogen and oxygen atoms in total. The van der Waals surface area contributed by atoms with Gasteiger partial charge in [0, 0.05) is 25.2 Å². The molecule has 1 aromatic rings. The molecule has 0 aromatic heterocycles. The summed E-state index contributed by atoms with van der Waals surface area (Å²) in [6.45, 7) is 10.1. The Morgan fingerprint density at radius 3 is 2.24 bits per heavy atom. The third-order valence-corrected chi connectivity index (χ3v) is 4.34. The predicted octanol–water partition coefficient (Wildman–Crippen LogP) is 2.02. The molecule has 0 bridgehead atoms. The van der Waals surface area contributed by atoms with Gasteiger partial charge in [0.15, 0.2) is 0 Å². The molecule has 1 heterocycles. The summed E-state index contributed by atoms with van der Waals surface area (Å²) in [7, 11) is 0. The summed E-state index contributed by atoms with van der Waals surface area (Å²) >= 11 is 0. The van der Waals surface area contributed by atoms with Gasteiger partial charge in [-0.2, -0.15) is 0 Å². The number of nitrogens with two attached hydrogens (primary N) is 1. The quantitative estimate of drug-likeness (QED) is 0.842. The van der Waals surface area contributed by atoms with Gasteiger partial charge in [0.2, 0.25) is 5.91 Å². The molecule has 1 amide bonds. The smallest absolute Gasteiger partial charge is 0.237 e. The van der Waals surface area contributed by atoms with Crippen molar-refractivity contribution in [1.82, 2.24) is 10.2 Å². The summed E-state index contributed by atoms with van der Waals surface area (Å²) in [5, 5.41) is 3.33. The molecule has 0 fully saturated rings. The number of primary amides is 1. The maximum absolute atomic E-state index is 11.9.